The van der Waals surface area contributed by atoms with Crippen molar-refractivity contribution in [2.24, 2.45) is 0 Å². The number of rotatable bonds is 4. The number of anilines is 2. The van der Waals surface area contributed by atoms with Crippen LogP contribution in [0.2, 0.25) is 0 Å². The Labute approximate surface area is 142 Å². The van der Waals surface area contributed by atoms with Gasteiger partial charge in [-0.15, -0.1) is 0 Å². The third kappa shape index (κ3) is 2.68. The Hall–Kier alpha value is -2.62. The molecule has 1 N–H and O–H groups in total. The molecule has 24 heavy (non-hydrogen) atoms. The highest BCUT2D eigenvalue weighted by Gasteiger charge is 2.44. The lowest BCUT2D eigenvalue weighted by atomic mass is 9.86. The summed E-state index contributed by atoms with van der Waals surface area (Å²) < 4.78 is 0. The van der Waals surface area contributed by atoms with Crippen LogP contribution in [0, 0.1) is 0 Å². The van der Waals surface area contributed by atoms with E-state index in [1.165, 1.54) is 0 Å². The summed E-state index contributed by atoms with van der Waals surface area (Å²) in [6.07, 6.45) is 0.842. The molecule has 0 unspecified atom stereocenters. The van der Waals surface area contributed by atoms with Crippen LogP contribution in [0.15, 0.2) is 48.5 Å². The molecule has 0 bridgehead atoms. The largest absolute Gasteiger partial charge is 0.324 e. The number of para-hydroxylation sites is 2. The number of nitrogens with one attached hydrogen (secondary N) is 1. The van der Waals surface area contributed by atoms with Gasteiger partial charge in [-0.1, -0.05) is 43.3 Å². The van der Waals surface area contributed by atoms with Gasteiger partial charge in [0.25, 0.3) is 0 Å². The molecule has 0 fully saturated rings. The minimum atomic E-state index is -0.599. The minimum Gasteiger partial charge on any atom is -0.324 e. The molecule has 0 saturated carbocycles. The fourth-order valence-electron chi connectivity index (χ4n) is 3.24. The van der Waals surface area contributed by atoms with Crippen molar-refractivity contribution in [2.45, 2.75) is 32.6 Å². The summed E-state index contributed by atoms with van der Waals surface area (Å²) in [7, 11) is 0. The maximum absolute atomic E-state index is 12.7. The Balaban J connectivity index is 1.81. The van der Waals surface area contributed by atoms with Gasteiger partial charge in [-0.3, -0.25) is 9.59 Å². The van der Waals surface area contributed by atoms with Crippen molar-refractivity contribution in [1.29, 1.82) is 0 Å². The van der Waals surface area contributed by atoms with Crippen LogP contribution in [0.5, 0.6) is 0 Å². The van der Waals surface area contributed by atoms with E-state index in [1.54, 1.807) is 4.90 Å². The van der Waals surface area contributed by atoms with Gasteiger partial charge < -0.3 is 10.2 Å². The Morgan fingerprint density at radius 1 is 1.08 bits per heavy atom. The molecule has 2 aromatic carbocycles. The molecule has 3 rings (SSSR count). The van der Waals surface area contributed by atoms with Crippen LogP contribution in [-0.4, -0.2) is 18.4 Å². The summed E-state index contributed by atoms with van der Waals surface area (Å²) in [5.41, 5.74) is 3.09. The van der Waals surface area contributed by atoms with Crippen molar-refractivity contribution in [2.75, 3.05) is 16.8 Å². The first-order valence-electron chi connectivity index (χ1n) is 8.24. The first kappa shape index (κ1) is 16.2. The molecule has 0 aliphatic carbocycles. The van der Waals surface area contributed by atoms with Crippen LogP contribution in [0.25, 0.3) is 0 Å². The van der Waals surface area contributed by atoms with E-state index in [4.69, 9.17) is 0 Å². The van der Waals surface area contributed by atoms with E-state index in [-0.39, 0.29) is 18.4 Å². The molecule has 0 aromatic heterocycles. The maximum atomic E-state index is 12.7. The number of hydrogen-bond acceptors (Lipinski definition) is 2. The zero-order valence-corrected chi connectivity index (χ0v) is 14.3. The number of hydrogen-bond donors (Lipinski definition) is 1. The quantitative estimate of drug-likeness (QED) is 0.936. The molecule has 0 saturated heterocycles. The summed E-state index contributed by atoms with van der Waals surface area (Å²) in [4.78, 5) is 26.8. The van der Waals surface area contributed by atoms with E-state index >= 15 is 0 Å². The average Bonchev–Trinajstić information content (AvgIpc) is 2.77. The average molecular weight is 322 g/mol. The van der Waals surface area contributed by atoms with Crippen LogP contribution in [0.1, 0.15) is 31.9 Å². The van der Waals surface area contributed by atoms with Gasteiger partial charge in [-0.25, -0.2) is 0 Å². The highest BCUT2D eigenvalue weighted by Crippen LogP contribution is 2.41. The van der Waals surface area contributed by atoms with Crippen molar-refractivity contribution < 1.29 is 9.59 Å². The predicted octanol–water partition coefficient (Wildman–Crippen LogP) is 3.51. The molecular formula is C20H22N2O2. The molecule has 1 aliphatic heterocycles. The number of amides is 2. The maximum Gasteiger partial charge on any atom is 0.244 e. The van der Waals surface area contributed by atoms with Crippen molar-refractivity contribution in [3.8, 4) is 0 Å². The second-order valence-corrected chi connectivity index (χ2v) is 6.59. The number of nitrogens with zero attached hydrogens (tertiary/aromatic N) is 1. The second kappa shape index (κ2) is 6.11. The van der Waals surface area contributed by atoms with E-state index in [2.05, 4.69) is 5.32 Å². The van der Waals surface area contributed by atoms with Gasteiger partial charge in [0, 0.05) is 11.4 Å². The highest BCUT2D eigenvalue weighted by atomic mass is 16.2. The molecule has 4 heteroatoms. The molecule has 1 aliphatic rings. The molecule has 4 nitrogen and oxygen atoms in total. The van der Waals surface area contributed by atoms with E-state index < -0.39 is 5.41 Å². The van der Waals surface area contributed by atoms with Crippen molar-refractivity contribution in [1.82, 2.24) is 0 Å². The zero-order valence-electron chi connectivity index (χ0n) is 14.3. The van der Waals surface area contributed by atoms with Gasteiger partial charge in [0.1, 0.15) is 6.54 Å². The fraction of sp³-hybridized carbons (Fsp3) is 0.300. The monoisotopic (exact) mass is 322 g/mol. The lowest BCUT2D eigenvalue weighted by molar-refractivity contribution is -0.124. The zero-order chi connectivity index (χ0) is 17.3. The van der Waals surface area contributed by atoms with Crippen molar-refractivity contribution in [3.63, 3.8) is 0 Å². The van der Waals surface area contributed by atoms with E-state index in [1.807, 2.05) is 69.3 Å². The molecule has 0 radical (unpaired) electrons. The number of carbonyl (C=O) groups excluding carboxylic acids is 2. The molecule has 2 amide bonds. The van der Waals surface area contributed by atoms with Crippen LogP contribution < -0.4 is 10.2 Å². The summed E-state index contributed by atoms with van der Waals surface area (Å²) >= 11 is 0. The third-order valence-electron chi connectivity index (χ3n) is 4.62. The number of aryl methyl sites for hydroxylation is 1. The summed E-state index contributed by atoms with van der Waals surface area (Å²) in [6.45, 7) is 5.88. The van der Waals surface area contributed by atoms with Crippen molar-refractivity contribution in [3.05, 3.63) is 59.7 Å². The molecule has 124 valence electrons. The number of carbonyl (C=O) groups is 2. The Kier molecular flexibility index (Phi) is 4.14. The standard InChI is InChI=1S/C20H22N2O2/c1-4-14-9-5-7-11-16(14)21-18(23)13-22-17-12-8-6-10-15(17)20(2,3)19(22)24/h5-12H,4,13H2,1-3H3,(H,21,23). The SMILES string of the molecule is CCc1ccccc1NC(=O)CN1C(=O)C(C)(C)c2ccccc21. The summed E-state index contributed by atoms with van der Waals surface area (Å²) in [6, 6.07) is 15.4. The normalized spacial score (nSPS) is 15.3. The van der Waals surface area contributed by atoms with Crippen LogP contribution in [0.3, 0.4) is 0 Å². The smallest absolute Gasteiger partial charge is 0.244 e. The number of fused-ring (bicyclic) bond motifs is 1. The third-order valence-corrected chi connectivity index (χ3v) is 4.62. The van der Waals surface area contributed by atoms with Crippen LogP contribution in [-0.2, 0) is 21.4 Å². The molecular weight excluding hydrogens is 300 g/mol. The molecule has 0 atom stereocenters. The molecule has 1 heterocycles. The van der Waals surface area contributed by atoms with Gasteiger partial charge in [0.2, 0.25) is 11.8 Å². The van der Waals surface area contributed by atoms with E-state index in [0.29, 0.717) is 0 Å². The van der Waals surface area contributed by atoms with Gasteiger partial charge >= 0.3 is 0 Å². The predicted molar refractivity (Wildman–Crippen MR) is 96.3 cm³/mol. The lowest BCUT2D eigenvalue weighted by Gasteiger charge is -2.20. The summed E-state index contributed by atoms with van der Waals surface area (Å²) in [5.74, 6) is -0.223. The van der Waals surface area contributed by atoms with Gasteiger partial charge in [-0.2, -0.15) is 0 Å². The van der Waals surface area contributed by atoms with Gasteiger partial charge in [-0.05, 0) is 43.5 Å². The van der Waals surface area contributed by atoms with Crippen LogP contribution >= 0.6 is 0 Å². The Bertz CT molecular complexity index is 796. The Morgan fingerprint density at radius 2 is 1.75 bits per heavy atom. The van der Waals surface area contributed by atoms with Crippen LogP contribution in [0.4, 0.5) is 11.4 Å². The van der Waals surface area contributed by atoms with Gasteiger partial charge in [0.05, 0.1) is 5.41 Å². The molecule has 2 aromatic rings. The Morgan fingerprint density at radius 3 is 2.50 bits per heavy atom. The minimum absolute atomic E-state index is 0.0251. The van der Waals surface area contributed by atoms with Crippen molar-refractivity contribution >= 4 is 23.2 Å². The second-order valence-electron chi connectivity index (χ2n) is 6.59. The topological polar surface area (TPSA) is 49.4 Å². The first-order chi connectivity index (χ1) is 11.4. The highest BCUT2D eigenvalue weighted by molar-refractivity contribution is 6.11. The van der Waals surface area contributed by atoms with E-state index in [9.17, 15) is 9.59 Å². The van der Waals surface area contributed by atoms with Gasteiger partial charge in [0.15, 0.2) is 0 Å². The molecule has 0 spiro atoms. The lowest BCUT2D eigenvalue weighted by Crippen LogP contribution is -2.40. The van der Waals surface area contributed by atoms with E-state index in [0.717, 1.165) is 28.9 Å². The fourth-order valence-corrected chi connectivity index (χ4v) is 3.24. The summed E-state index contributed by atoms with van der Waals surface area (Å²) in [5, 5.41) is 2.93. The number of benzene rings is 2. The first-order valence-corrected chi connectivity index (χ1v) is 8.24.